The van der Waals surface area contributed by atoms with Crippen LogP contribution in [-0.2, 0) is 13.2 Å². The summed E-state index contributed by atoms with van der Waals surface area (Å²) in [6.07, 6.45) is 2.62. The summed E-state index contributed by atoms with van der Waals surface area (Å²) in [6.45, 7) is 7.07. The molecule has 3 rings (SSSR count). The van der Waals surface area contributed by atoms with E-state index in [4.69, 9.17) is 16.3 Å². The number of hydrogen-bond acceptors (Lipinski definition) is 3. The molecule has 150 valence electrons. The molecule has 0 radical (unpaired) electrons. The van der Waals surface area contributed by atoms with Crippen molar-refractivity contribution in [1.29, 1.82) is 0 Å². The number of hydrogen-bond donors (Lipinski definition) is 1. The molecular formula is C21H29Cl3N2O. The normalized spacial score (nSPS) is 16.4. The van der Waals surface area contributed by atoms with Crippen LogP contribution in [0.5, 0.6) is 5.75 Å². The van der Waals surface area contributed by atoms with Gasteiger partial charge in [-0.2, -0.15) is 0 Å². The Bertz CT molecular complexity index is 667. The molecule has 1 aliphatic rings. The van der Waals surface area contributed by atoms with Crippen molar-refractivity contribution in [3.05, 3.63) is 64.7 Å². The second kappa shape index (κ2) is 12.5. The van der Waals surface area contributed by atoms with Crippen LogP contribution in [0.25, 0.3) is 0 Å². The van der Waals surface area contributed by atoms with E-state index in [0.29, 0.717) is 12.6 Å². The summed E-state index contributed by atoms with van der Waals surface area (Å²) in [6, 6.07) is 16.7. The van der Waals surface area contributed by atoms with E-state index >= 15 is 0 Å². The molecular weight excluding hydrogens is 403 g/mol. The minimum atomic E-state index is 0. The van der Waals surface area contributed by atoms with Gasteiger partial charge in [-0.1, -0.05) is 48.9 Å². The minimum absolute atomic E-state index is 0. The molecule has 0 aromatic heterocycles. The molecule has 1 unspecified atom stereocenters. The molecule has 27 heavy (non-hydrogen) atoms. The number of halogens is 3. The van der Waals surface area contributed by atoms with Gasteiger partial charge in [-0.15, -0.1) is 24.8 Å². The van der Waals surface area contributed by atoms with E-state index in [9.17, 15) is 0 Å². The molecule has 1 aliphatic heterocycles. The number of likely N-dealkylation sites (tertiary alicyclic amines) is 1. The molecule has 2 aromatic carbocycles. The average molecular weight is 432 g/mol. The maximum Gasteiger partial charge on any atom is 0.124 e. The first-order valence-electron chi connectivity index (χ1n) is 9.16. The molecule has 0 spiro atoms. The van der Waals surface area contributed by atoms with Crippen molar-refractivity contribution < 1.29 is 4.74 Å². The van der Waals surface area contributed by atoms with Crippen LogP contribution in [0.2, 0.25) is 5.02 Å². The number of para-hydroxylation sites is 1. The molecule has 0 saturated carbocycles. The van der Waals surface area contributed by atoms with Gasteiger partial charge < -0.3 is 10.1 Å². The number of nitrogens with one attached hydrogen (secondary N) is 1. The zero-order chi connectivity index (χ0) is 17.5. The zero-order valence-corrected chi connectivity index (χ0v) is 18.1. The van der Waals surface area contributed by atoms with Crippen molar-refractivity contribution in [2.75, 3.05) is 19.6 Å². The minimum Gasteiger partial charge on any atom is -0.489 e. The van der Waals surface area contributed by atoms with Crippen LogP contribution in [0.15, 0.2) is 48.5 Å². The van der Waals surface area contributed by atoms with Crippen molar-refractivity contribution in [1.82, 2.24) is 10.2 Å². The number of ether oxygens (including phenoxy) is 1. The van der Waals surface area contributed by atoms with E-state index in [1.807, 2.05) is 36.4 Å². The van der Waals surface area contributed by atoms with Crippen LogP contribution in [0, 0.1) is 0 Å². The van der Waals surface area contributed by atoms with Gasteiger partial charge in [0.1, 0.15) is 12.4 Å². The molecule has 1 N–H and O–H groups in total. The van der Waals surface area contributed by atoms with Crippen LogP contribution >= 0.6 is 36.4 Å². The second-order valence-electron chi connectivity index (χ2n) is 6.58. The second-order valence-corrected chi connectivity index (χ2v) is 7.01. The Morgan fingerprint density at radius 2 is 1.85 bits per heavy atom. The molecule has 2 aromatic rings. The van der Waals surface area contributed by atoms with Crippen molar-refractivity contribution in [3.8, 4) is 5.75 Å². The fourth-order valence-electron chi connectivity index (χ4n) is 3.45. The summed E-state index contributed by atoms with van der Waals surface area (Å²) >= 11 is 5.93. The van der Waals surface area contributed by atoms with Gasteiger partial charge in [0.25, 0.3) is 0 Å². The summed E-state index contributed by atoms with van der Waals surface area (Å²) in [5.74, 6) is 0.948. The van der Waals surface area contributed by atoms with E-state index in [-0.39, 0.29) is 24.8 Å². The Morgan fingerprint density at radius 1 is 1.11 bits per heavy atom. The highest BCUT2D eigenvalue weighted by Crippen LogP contribution is 2.21. The molecule has 0 bridgehead atoms. The molecule has 1 fully saturated rings. The lowest BCUT2D eigenvalue weighted by atomic mass is 10.1. The maximum absolute atomic E-state index is 6.03. The van der Waals surface area contributed by atoms with Crippen molar-refractivity contribution in [2.24, 2.45) is 0 Å². The third kappa shape index (κ3) is 7.17. The molecule has 0 amide bonds. The molecule has 3 nitrogen and oxygen atoms in total. The molecule has 1 saturated heterocycles. The number of likely N-dealkylation sites (N-methyl/N-ethyl adjacent to an activating group) is 1. The highest BCUT2D eigenvalue weighted by Gasteiger charge is 2.22. The van der Waals surface area contributed by atoms with Crippen LogP contribution < -0.4 is 10.1 Å². The van der Waals surface area contributed by atoms with Gasteiger partial charge in [-0.3, -0.25) is 4.90 Å². The van der Waals surface area contributed by atoms with Gasteiger partial charge >= 0.3 is 0 Å². The lowest BCUT2D eigenvalue weighted by Crippen LogP contribution is -2.37. The van der Waals surface area contributed by atoms with Crippen molar-refractivity contribution in [2.45, 2.75) is 39.0 Å². The van der Waals surface area contributed by atoms with Gasteiger partial charge in [-0.05, 0) is 49.7 Å². The lowest BCUT2D eigenvalue weighted by molar-refractivity contribution is 0.259. The summed E-state index contributed by atoms with van der Waals surface area (Å²) in [7, 11) is 0. The Hall–Kier alpha value is -0.970. The molecule has 1 atom stereocenters. The highest BCUT2D eigenvalue weighted by molar-refractivity contribution is 6.30. The third-order valence-electron chi connectivity index (χ3n) is 4.88. The summed E-state index contributed by atoms with van der Waals surface area (Å²) in [4.78, 5) is 2.57. The van der Waals surface area contributed by atoms with E-state index in [2.05, 4.69) is 29.3 Å². The lowest BCUT2D eigenvalue weighted by Gasteiger charge is -2.23. The molecule has 0 aliphatic carbocycles. The van der Waals surface area contributed by atoms with Crippen LogP contribution in [0.1, 0.15) is 30.9 Å². The first-order chi connectivity index (χ1) is 12.3. The predicted octanol–water partition coefficient (Wildman–Crippen LogP) is 5.34. The van der Waals surface area contributed by atoms with E-state index in [1.165, 1.54) is 24.9 Å². The molecule has 1 heterocycles. The van der Waals surface area contributed by atoms with Crippen LogP contribution in [0.3, 0.4) is 0 Å². The highest BCUT2D eigenvalue weighted by atomic mass is 35.5. The van der Waals surface area contributed by atoms with Crippen LogP contribution in [0.4, 0.5) is 0 Å². The smallest absolute Gasteiger partial charge is 0.124 e. The third-order valence-corrected chi connectivity index (χ3v) is 5.13. The van der Waals surface area contributed by atoms with Crippen molar-refractivity contribution >= 4 is 36.4 Å². The van der Waals surface area contributed by atoms with E-state index < -0.39 is 0 Å². The summed E-state index contributed by atoms with van der Waals surface area (Å²) in [5, 5.41) is 4.37. The first kappa shape index (κ1) is 24.1. The van der Waals surface area contributed by atoms with Gasteiger partial charge in [0.15, 0.2) is 0 Å². The van der Waals surface area contributed by atoms with Gasteiger partial charge in [-0.25, -0.2) is 0 Å². The van der Waals surface area contributed by atoms with Crippen molar-refractivity contribution in [3.63, 3.8) is 0 Å². The van der Waals surface area contributed by atoms with E-state index in [1.54, 1.807) is 0 Å². The first-order valence-corrected chi connectivity index (χ1v) is 9.54. The Balaban J connectivity index is 0.00000182. The molecule has 6 heteroatoms. The fourth-order valence-corrected chi connectivity index (χ4v) is 3.57. The quantitative estimate of drug-likeness (QED) is 0.611. The predicted molar refractivity (Wildman–Crippen MR) is 119 cm³/mol. The Morgan fingerprint density at radius 3 is 2.59 bits per heavy atom. The monoisotopic (exact) mass is 430 g/mol. The average Bonchev–Trinajstić information content (AvgIpc) is 3.10. The number of benzene rings is 2. The van der Waals surface area contributed by atoms with Gasteiger partial charge in [0.2, 0.25) is 0 Å². The Labute approximate surface area is 180 Å². The summed E-state index contributed by atoms with van der Waals surface area (Å²) < 4.78 is 6.03. The SMILES string of the molecule is CCN1CCCC1CNCc1ccccc1OCc1ccc(Cl)cc1.Cl.Cl. The largest absolute Gasteiger partial charge is 0.489 e. The summed E-state index contributed by atoms with van der Waals surface area (Å²) in [5.41, 5.74) is 2.33. The fraction of sp³-hybridized carbons (Fsp3) is 0.429. The number of rotatable bonds is 8. The number of nitrogens with zero attached hydrogens (tertiary/aromatic N) is 1. The van der Waals surface area contributed by atoms with Crippen LogP contribution in [-0.4, -0.2) is 30.6 Å². The maximum atomic E-state index is 6.03. The van der Waals surface area contributed by atoms with E-state index in [0.717, 1.165) is 36.0 Å². The topological polar surface area (TPSA) is 24.5 Å². The Kier molecular flexibility index (Phi) is 11.1. The van der Waals surface area contributed by atoms with Gasteiger partial charge in [0, 0.05) is 29.7 Å². The van der Waals surface area contributed by atoms with Gasteiger partial charge in [0.05, 0.1) is 0 Å². The standard InChI is InChI=1S/C21H27ClN2O.2ClH/c1-2-24-13-5-7-20(24)15-23-14-18-6-3-4-8-21(18)25-16-17-9-11-19(22)12-10-17;;/h3-4,6,8-12,20,23H,2,5,7,13-16H2,1H3;2*1H. The zero-order valence-electron chi connectivity index (χ0n) is 15.7.